The SMILES string of the molecule is O=Nc1ccc(NC2CCC(OCC(=O)N3CCC(c4ccc(Oc5ccccc5)cc4)CC3)CC2)cc1C(F)(F)F. The standard InChI is InChI=1S/C32H34F3N3O4/c33-32(34,35)29-20-25(10-15-30(29)37-40)36-24-8-13-26(14-9-24)41-21-31(39)38-18-16-23(17-19-38)22-6-11-28(12-7-22)42-27-4-2-1-3-5-27/h1-7,10-12,15,20,23-24,26,36H,8-9,13-14,16-19,21H2. The van der Waals surface area contributed by atoms with Gasteiger partial charge in [-0.25, -0.2) is 0 Å². The van der Waals surface area contributed by atoms with Crippen molar-refractivity contribution >= 4 is 17.3 Å². The normalized spacial score (nSPS) is 19.7. The van der Waals surface area contributed by atoms with Gasteiger partial charge in [-0.2, -0.15) is 13.2 Å². The quantitative estimate of drug-likeness (QED) is 0.259. The average Bonchev–Trinajstić information content (AvgIpc) is 3.01. The molecule has 3 aromatic rings. The first-order valence-corrected chi connectivity index (χ1v) is 14.3. The molecule has 1 heterocycles. The monoisotopic (exact) mass is 581 g/mol. The number of hydrogen-bond donors (Lipinski definition) is 1. The van der Waals surface area contributed by atoms with Crippen LogP contribution in [-0.2, 0) is 15.7 Å². The van der Waals surface area contributed by atoms with Crippen LogP contribution < -0.4 is 10.1 Å². The van der Waals surface area contributed by atoms with Gasteiger partial charge in [0.05, 0.1) is 11.7 Å². The van der Waals surface area contributed by atoms with Crippen molar-refractivity contribution in [2.75, 3.05) is 25.0 Å². The van der Waals surface area contributed by atoms with Crippen molar-refractivity contribution in [2.24, 2.45) is 5.18 Å². The molecule has 0 bridgehead atoms. The van der Waals surface area contributed by atoms with Gasteiger partial charge < -0.3 is 19.7 Å². The van der Waals surface area contributed by atoms with Crippen LogP contribution in [0.15, 0.2) is 78.0 Å². The predicted molar refractivity (Wildman–Crippen MR) is 154 cm³/mol. The molecule has 0 radical (unpaired) electrons. The third kappa shape index (κ3) is 7.67. The fourth-order valence-electron chi connectivity index (χ4n) is 5.72. The van der Waals surface area contributed by atoms with Gasteiger partial charge in [-0.15, -0.1) is 4.91 Å². The summed E-state index contributed by atoms with van der Waals surface area (Å²) >= 11 is 0. The Kier molecular flexibility index (Phi) is 9.41. The summed E-state index contributed by atoms with van der Waals surface area (Å²) in [5, 5.41) is 5.62. The van der Waals surface area contributed by atoms with Crippen LogP contribution in [0.1, 0.15) is 55.6 Å². The summed E-state index contributed by atoms with van der Waals surface area (Å²) in [6.07, 6.45) is -0.119. The summed E-state index contributed by atoms with van der Waals surface area (Å²) in [7, 11) is 0. The Morgan fingerprint density at radius 1 is 0.881 bits per heavy atom. The van der Waals surface area contributed by atoms with Gasteiger partial charge in [0, 0.05) is 24.8 Å². The van der Waals surface area contributed by atoms with E-state index < -0.39 is 17.4 Å². The summed E-state index contributed by atoms with van der Waals surface area (Å²) in [6, 6.07) is 21.3. The first kappa shape index (κ1) is 29.6. The second kappa shape index (κ2) is 13.4. The molecule has 1 saturated heterocycles. The lowest BCUT2D eigenvalue weighted by Crippen LogP contribution is -2.41. The van der Waals surface area contributed by atoms with Crippen LogP contribution in [-0.4, -0.2) is 42.6 Å². The molecule has 1 amide bonds. The number of ether oxygens (including phenoxy) is 2. The van der Waals surface area contributed by atoms with E-state index in [-0.39, 0.29) is 24.7 Å². The highest BCUT2D eigenvalue weighted by molar-refractivity contribution is 5.77. The van der Waals surface area contributed by atoms with E-state index in [0.717, 1.165) is 36.5 Å². The fourth-order valence-corrected chi connectivity index (χ4v) is 5.72. The number of piperidine rings is 1. The Labute approximate surface area is 243 Å². The highest BCUT2D eigenvalue weighted by Crippen LogP contribution is 2.38. The summed E-state index contributed by atoms with van der Waals surface area (Å²) in [4.78, 5) is 25.4. The topological polar surface area (TPSA) is 80.2 Å². The van der Waals surface area contributed by atoms with E-state index in [1.54, 1.807) is 0 Å². The van der Waals surface area contributed by atoms with E-state index in [0.29, 0.717) is 50.4 Å². The Morgan fingerprint density at radius 3 is 2.19 bits per heavy atom. The van der Waals surface area contributed by atoms with Crippen LogP contribution >= 0.6 is 0 Å². The van der Waals surface area contributed by atoms with E-state index in [1.807, 2.05) is 47.4 Å². The summed E-state index contributed by atoms with van der Waals surface area (Å²) in [6.45, 7) is 1.41. The number of nitrogens with one attached hydrogen (secondary N) is 1. The predicted octanol–water partition coefficient (Wildman–Crippen LogP) is 8.04. The second-order valence-corrected chi connectivity index (χ2v) is 10.9. The van der Waals surface area contributed by atoms with Gasteiger partial charge in [-0.05, 0) is 97.6 Å². The molecular weight excluding hydrogens is 547 g/mol. The molecule has 1 aliphatic carbocycles. The lowest BCUT2D eigenvalue weighted by molar-refractivity contribution is -0.140. The lowest BCUT2D eigenvalue weighted by Gasteiger charge is -2.33. The van der Waals surface area contributed by atoms with Crippen LogP contribution in [0.3, 0.4) is 0 Å². The van der Waals surface area contributed by atoms with Crippen molar-refractivity contribution in [3.8, 4) is 11.5 Å². The van der Waals surface area contributed by atoms with Crippen LogP contribution in [0, 0.1) is 4.91 Å². The Hall–Kier alpha value is -3.92. The first-order valence-electron chi connectivity index (χ1n) is 14.3. The van der Waals surface area contributed by atoms with Gasteiger partial charge in [0.2, 0.25) is 5.91 Å². The number of alkyl halides is 3. The maximum atomic E-state index is 13.2. The molecule has 10 heteroatoms. The van der Waals surface area contributed by atoms with Gasteiger partial charge in [0.1, 0.15) is 23.8 Å². The number of nitrogens with zero attached hydrogens (tertiary/aromatic N) is 2. The third-order valence-electron chi connectivity index (χ3n) is 8.07. The molecule has 1 aliphatic heterocycles. The number of anilines is 1. The average molecular weight is 582 g/mol. The lowest BCUT2D eigenvalue weighted by atomic mass is 9.89. The van der Waals surface area contributed by atoms with Crippen LogP contribution in [0.5, 0.6) is 11.5 Å². The molecule has 222 valence electrons. The molecule has 0 spiro atoms. The minimum absolute atomic E-state index is 0.0103. The van der Waals surface area contributed by atoms with Crippen LogP contribution in [0.25, 0.3) is 0 Å². The zero-order valence-electron chi connectivity index (χ0n) is 23.2. The van der Waals surface area contributed by atoms with Crippen molar-refractivity contribution in [3.05, 3.63) is 88.8 Å². The number of halogens is 3. The zero-order valence-corrected chi connectivity index (χ0v) is 23.2. The molecule has 1 saturated carbocycles. The Balaban J connectivity index is 1.02. The number of carbonyl (C=O) groups is 1. The van der Waals surface area contributed by atoms with Gasteiger partial charge in [0.15, 0.2) is 0 Å². The van der Waals surface area contributed by atoms with E-state index in [9.17, 15) is 22.9 Å². The van der Waals surface area contributed by atoms with Crippen LogP contribution in [0.2, 0.25) is 0 Å². The molecule has 7 nitrogen and oxygen atoms in total. The van der Waals surface area contributed by atoms with Gasteiger partial charge in [0.25, 0.3) is 0 Å². The molecule has 0 aromatic heterocycles. The highest BCUT2D eigenvalue weighted by atomic mass is 19.4. The second-order valence-electron chi connectivity index (χ2n) is 10.9. The number of para-hydroxylation sites is 1. The molecule has 42 heavy (non-hydrogen) atoms. The molecule has 1 N–H and O–H groups in total. The molecule has 0 atom stereocenters. The number of nitroso groups, excluding NO2 is 1. The highest BCUT2D eigenvalue weighted by Gasteiger charge is 2.35. The van der Waals surface area contributed by atoms with Crippen molar-refractivity contribution < 1.29 is 27.4 Å². The van der Waals surface area contributed by atoms with E-state index in [1.165, 1.54) is 11.6 Å². The van der Waals surface area contributed by atoms with E-state index in [2.05, 4.69) is 22.6 Å². The zero-order chi connectivity index (χ0) is 29.5. The minimum Gasteiger partial charge on any atom is -0.457 e. The largest absolute Gasteiger partial charge is 0.457 e. The van der Waals surface area contributed by atoms with Crippen molar-refractivity contribution in [1.82, 2.24) is 4.90 Å². The molecule has 2 fully saturated rings. The van der Waals surface area contributed by atoms with E-state index in [4.69, 9.17) is 9.47 Å². The summed E-state index contributed by atoms with van der Waals surface area (Å²) in [5.41, 5.74) is -0.125. The number of likely N-dealkylation sites (tertiary alicyclic amines) is 1. The minimum atomic E-state index is -4.65. The smallest absolute Gasteiger partial charge is 0.418 e. The molecular formula is C32H34F3N3O4. The van der Waals surface area contributed by atoms with Crippen LogP contribution in [0.4, 0.5) is 24.5 Å². The summed E-state index contributed by atoms with van der Waals surface area (Å²) in [5.74, 6) is 1.97. The maximum Gasteiger partial charge on any atom is 0.418 e. The summed E-state index contributed by atoms with van der Waals surface area (Å²) < 4.78 is 51.5. The molecule has 5 rings (SSSR count). The first-order chi connectivity index (χ1) is 20.3. The number of rotatable bonds is 9. The van der Waals surface area contributed by atoms with Gasteiger partial charge in [-0.1, -0.05) is 30.3 Å². The third-order valence-corrected chi connectivity index (χ3v) is 8.07. The molecule has 3 aromatic carbocycles. The number of benzene rings is 3. The van der Waals surface area contributed by atoms with Crippen molar-refractivity contribution in [1.29, 1.82) is 0 Å². The number of carbonyl (C=O) groups excluding carboxylic acids is 1. The molecule has 0 unspecified atom stereocenters. The van der Waals surface area contributed by atoms with Crippen molar-refractivity contribution in [2.45, 2.75) is 62.8 Å². The fraction of sp³-hybridized carbons (Fsp3) is 0.406. The maximum absolute atomic E-state index is 13.2. The number of amides is 1. The van der Waals surface area contributed by atoms with E-state index >= 15 is 0 Å². The number of hydrogen-bond acceptors (Lipinski definition) is 6. The Morgan fingerprint density at radius 2 is 1.55 bits per heavy atom. The Bertz CT molecular complexity index is 1340. The van der Waals surface area contributed by atoms with Crippen molar-refractivity contribution in [3.63, 3.8) is 0 Å². The van der Waals surface area contributed by atoms with Gasteiger partial charge in [-0.3, -0.25) is 4.79 Å². The molecule has 2 aliphatic rings. The van der Waals surface area contributed by atoms with Gasteiger partial charge >= 0.3 is 6.18 Å².